The maximum absolute atomic E-state index is 5.74. The lowest BCUT2D eigenvalue weighted by atomic mass is 10.2. The summed E-state index contributed by atoms with van der Waals surface area (Å²) in [6.45, 7) is 5.85. The molecule has 0 bridgehead atoms. The monoisotopic (exact) mass is 228 g/mol. The van der Waals surface area contributed by atoms with Crippen molar-refractivity contribution >= 4 is 0 Å². The first kappa shape index (κ1) is 13.3. The van der Waals surface area contributed by atoms with Gasteiger partial charge in [-0.15, -0.1) is 0 Å². The molecule has 0 saturated carbocycles. The second-order valence-corrected chi connectivity index (χ2v) is 3.69. The smallest absolute Gasteiger partial charge is 0.127 e. The van der Waals surface area contributed by atoms with Crippen molar-refractivity contribution < 1.29 is 4.74 Å². The molecule has 0 aromatic rings. The van der Waals surface area contributed by atoms with Crippen molar-refractivity contribution in [1.29, 1.82) is 0 Å². The normalized spacial score (nSPS) is 18.4. The fourth-order valence-corrected chi connectivity index (χ4v) is 1.35. The molecule has 0 radical (unpaired) electrons. The van der Waals surface area contributed by atoms with E-state index in [1.54, 1.807) is 6.08 Å². The van der Waals surface area contributed by atoms with Crippen molar-refractivity contribution in [3.8, 4) is 0 Å². The van der Waals surface area contributed by atoms with E-state index >= 15 is 0 Å². The van der Waals surface area contributed by atoms with Gasteiger partial charge < -0.3 is 4.74 Å². The maximum Gasteiger partial charge on any atom is 0.127 e. The number of allylic oxidation sites excluding steroid dienone is 9. The molecule has 90 valence electrons. The third kappa shape index (κ3) is 5.76. The standard InChI is InChI=1S/C16H20O/c1-3-5-9-12-15(4-2)17-16-13-10-7-6-8-11-14-16/h4-5,7,9-14H,2-3,6,8H2,1H3/b9-5+,10-7-,14-11?,15-12+,16-13?. The van der Waals surface area contributed by atoms with E-state index < -0.39 is 0 Å². The van der Waals surface area contributed by atoms with Gasteiger partial charge in [-0.1, -0.05) is 43.9 Å². The molecular formula is C16H20O. The van der Waals surface area contributed by atoms with Crippen LogP contribution < -0.4 is 0 Å². The molecule has 0 unspecified atom stereocenters. The van der Waals surface area contributed by atoms with E-state index in [4.69, 9.17) is 4.74 Å². The molecule has 1 aliphatic rings. The lowest BCUT2D eigenvalue weighted by molar-refractivity contribution is 0.336. The molecule has 0 spiro atoms. The molecule has 0 aromatic heterocycles. The van der Waals surface area contributed by atoms with Crippen LogP contribution >= 0.6 is 0 Å². The number of hydrogen-bond donors (Lipinski definition) is 0. The topological polar surface area (TPSA) is 9.23 Å². The molecule has 17 heavy (non-hydrogen) atoms. The second-order valence-electron chi connectivity index (χ2n) is 3.69. The highest BCUT2D eigenvalue weighted by Gasteiger charge is 1.96. The molecule has 0 N–H and O–H groups in total. The Balaban J connectivity index is 2.69. The largest absolute Gasteiger partial charge is 0.457 e. The summed E-state index contributed by atoms with van der Waals surface area (Å²) in [6, 6.07) is 0. The van der Waals surface area contributed by atoms with Gasteiger partial charge in [-0.3, -0.25) is 0 Å². The molecule has 0 amide bonds. The summed E-state index contributed by atoms with van der Waals surface area (Å²) in [5.41, 5.74) is 0. The second kappa shape index (κ2) is 8.40. The van der Waals surface area contributed by atoms with E-state index in [9.17, 15) is 0 Å². The first-order valence-corrected chi connectivity index (χ1v) is 6.07. The summed E-state index contributed by atoms with van der Waals surface area (Å²) in [4.78, 5) is 0. The van der Waals surface area contributed by atoms with E-state index in [-0.39, 0.29) is 0 Å². The molecule has 0 saturated heterocycles. The van der Waals surface area contributed by atoms with E-state index in [1.807, 2.05) is 30.4 Å². The first-order valence-electron chi connectivity index (χ1n) is 6.07. The van der Waals surface area contributed by atoms with E-state index in [2.05, 4.69) is 31.7 Å². The van der Waals surface area contributed by atoms with Crippen molar-refractivity contribution in [1.82, 2.24) is 0 Å². The van der Waals surface area contributed by atoms with Crippen LogP contribution in [0.2, 0.25) is 0 Å². The fourth-order valence-electron chi connectivity index (χ4n) is 1.35. The van der Waals surface area contributed by atoms with Crippen molar-refractivity contribution in [2.75, 3.05) is 0 Å². The minimum atomic E-state index is 0.763. The van der Waals surface area contributed by atoms with Gasteiger partial charge in [0, 0.05) is 0 Å². The third-order valence-corrected chi connectivity index (χ3v) is 2.25. The summed E-state index contributed by atoms with van der Waals surface area (Å²) >= 11 is 0. The van der Waals surface area contributed by atoms with Crippen molar-refractivity contribution in [3.05, 3.63) is 72.8 Å². The predicted molar refractivity (Wildman–Crippen MR) is 74.4 cm³/mol. The zero-order chi connectivity index (χ0) is 12.3. The zero-order valence-corrected chi connectivity index (χ0v) is 10.4. The van der Waals surface area contributed by atoms with Crippen molar-refractivity contribution in [2.24, 2.45) is 0 Å². The Morgan fingerprint density at radius 2 is 2.24 bits per heavy atom. The van der Waals surface area contributed by atoms with Crippen LogP contribution in [0.25, 0.3) is 0 Å². The summed E-state index contributed by atoms with van der Waals surface area (Å²) in [5, 5.41) is 0. The molecule has 0 heterocycles. The van der Waals surface area contributed by atoms with Gasteiger partial charge in [0.2, 0.25) is 0 Å². The van der Waals surface area contributed by atoms with Crippen molar-refractivity contribution in [2.45, 2.75) is 26.2 Å². The molecule has 0 atom stereocenters. The lowest BCUT2D eigenvalue weighted by Crippen LogP contribution is -1.89. The summed E-state index contributed by atoms with van der Waals surface area (Å²) in [6.07, 6.45) is 21.1. The molecule has 1 aliphatic carbocycles. The third-order valence-electron chi connectivity index (χ3n) is 2.25. The molecule has 1 rings (SSSR count). The van der Waals surface area contributed by atoms with E-state index in [1.165, 1.54) is 0 Å². The van der Waals surface area contributed by atoms with Crippen LogP contribution in [0.4, 0.5) is 0 Å². The highest BCUT2D eigenvalue weighted by Crippen LogP contribution is 2.12. The van der Waals surface area contributed by atoms with Crippen molar-refractivity contribution in [3.63, 3.8) is 0 Å². The van der Waals surface area contributed by atoms with Crippen LogP contribution in [0.3, 0.4) is 0 Å². The Morgan fingerprint density at radius 3 is 3.00 bits per heavy atom. The van der Waals surface area contributed by atoms with Crippen LogP contribution in [0.5, 0.6) is 0 Å². The summed E-state index contributed by atoms with van der Waals surface area (Å²) in [7, 11) is 0. The quantitative estimate of drug-likeness (QED) is 0.484. The van der Waals surface area contributed by atoms with Gasteiger partial charge in [0.15, 0.2) is 0 Å². The van der Waals surface area contributed by atoms with E-state index in [0.29, 0.717) is 0 Å². The molecule has 0 aliphatic heterocycles. The summed E-state index contributed by atoms with van der Waals surface area (Å²) < 4.78 is 5.74. The Kier molecular flexibility index (Phi) is 6.57. The Hall–Kier alpha value is -1.76. The Morgan fingerprint density at radius 1 is 1.41 bits per heavy atom. The van der Waals surface area contributed by atoms with Gasteiger partial charge in [-0.2, -0.15) is 0 Å². The van der Waals surface area contributed by atoms with Gasteiger partial charge in [0.25, 0.3) is 0 Å². The molecule has 1 heteroatoms. The number of hydrogen-bond acceptors (Lipinski definition) is 1. The zero-order valence-electron chi connectivity index (χ0n) is 10.4. The van der Waals surface area contributed by atoms with Gasteiger partial charge in [0.05, 0.1) is 0 Å². The van der Waals surface area contributed by atoms with Gasteiger partial charge in [-0.25, -0.2) is 0 Å². The average molecular weight is 228 g/mol. The molecule has 1 nitrogen and oxygen atoms in total. The van der Waals surface area contributed by atoms with Gasteiger partial charge in [-0.05, 0) is 43.6 Å². The van der Waals surface area contributed by atoms with Crippen LogP contribution in [0, 0.1) is 0 Å². The number of rotatable bonds is 5. The fraction of sp³-hybridized carbons (Fsp3) is 0.250. The van der Waals surface area contributed by atoms with Crippen LogP contribution in [0.1, 0.15) is 26.2 Å². The minimum Gasteiger partial charge on any atom is -0.457 e. The van der Waals surface area contributed by atoms with Gasteiger partial charge >= 0.3 is 0 Å². The molecular weight excluding hydrogens is 208 g/mol. The van der Waals surface area contributed by atoms with Crippen LogP contribution in [-0.2, 0) is 4.74 Å². The average Bonchev–Trinajstić information content (AvgIpc) is 2.30. The van der Waals surface area contributed by atoms with Gasteiger partial charge in [0.1, 0.15) is 11.5 Å². The van der Waals surface area contributed by atoms with Crippen LogP contribution in [-0.4, -0.2) is 0 Å². The first-order chi connectivity index (χ1) is 8.36. The SMILES string of the molecule is C=C/C(=C\C=C\CC)OC1=C/C=C\CCC=C1. The Labute approximate surface area is 104 Å². The molecule has 0 aromatic carbocycles. The minimum absolute atomic E-state index is 0.763. The highest BCUT2D eigenvalue weighted by molar-refractivity contribution is 5.25. The predicted octanol–water partition coefficient (Wildman–Crippen LogP) is 4.83. The highest BCUT2D eigenvalue weighted by atomic mass is 16.5. The Bertz CT molecular complexity index is 378. The number of ether oxygens (including phenoxy) is 1. The van der Waals surface area contributed by atoms with Crippen LogP contribution in [0.15, 0.2) is 72.8 Å². The lowest BCUT2D eigenvalue weighted by Gasteiger charge is -2.07. The molecule has 0 fully saturated rings. The van der Waals surface area contributed by atoms with E-state index in [0.717, 1.165) is 30.8 Å². The maximum atomic E-state index is 5.74. The summed E-state index contributed by atoms with van der Waals surface area (Å²) in [5.74, 6) is 1.61.